The fraction of sp³-hybridized carbons (Fsp3) is 0.435. The molecule has 1 unspecified atom stereocenters. The molecule has 6 nitrogen and oxygen atoms in total. The molecule has 1 aromatic heterocycles. The predicted molar refractivity (Wildman–Crippen MR) is 112 cm³/mol. The van der Waals surface area contributed by atoms with E-state index in [1.165, 1.54) is 12.1 Å². The third kappa shape index (κ3) is 4.61. The highest BCUT2D eigenvalue weighted by atomic mass is 19.1. The summed E-state index contributed by atoms with van der Waals surface area (Å²) in [5.41, 5.74) is 1.73. The summed E-state index contributed by atoms with van der Waals surface area (Å²) in [6, 6.07) is 12.3. The smallest absolute Gasteiger partial charge is 0.227 e. The monoisotopic (exact) mass is 410 g/mol. The Balaban J connectivity index is 1.35. The standard InChI is InChI=1S/C23H27FN4O2/c1-17-4-2-7-21(25-17)26-10-12-27(13-11-26)23(30)19-8-9-22(29)28(16-19)15-18-5-3-6-20(24)14-18/h2-7,14,19H,8-13,15-16H2,1H3. The summed E-state index contributed by atoms with van der Waals surface area (Å²) >= 11 is 0. The van der Waals surface area contributed by atoms with Crippen LogP contribution >= 0.6 is 0 Å². The summed E-state index contributed by atoms with van der Waals surface area (Å²) in [7, 11) is 0. The van der Waals surface area contributed by atoms with Gasteiger partial charge in [0.1, 0.15) is 11.6 Å². The molecule has 1 aromatic carbocycles. The maximum atomic E-state index is 13.5. The molecule has 4 rings (SSSR count). The summed E-state index contributed by atoms with van der Waals surface area (Å²) in [4.78, 5) is 35.8. The molecule has 2 amide bonds. The van der Waals surface area contributed by atoms with Crippen LogP contribution in [0.25, 0.3) is 0 Å². The van der Waals surface area contributed by atoms with Crippen LogP contribution in [0.1, 0.15) is 24.1 Å². The van der Waals surface area contributed by atoms with Gasteiger partial charge in [-0.3, -0.25) is 9.59 Å². The van der Waals surface area contributed by atoms with E-state index in [0.717, 1.165) is 30.2 Å². The van der Waals surface area contributed by atoms with E-state index in [2.05, 4.69) is 9.88 Å². The Hall–Kier alpha value is -2.96. The number of nitrogens with zero attached hydrogens (tertiary/aromatic N) is 4. The number of aryl methyl sites for hydroxylation is 1. The Morgan fingerprint density at radius 1 is 1.13 bits per heavy atom. The number of pyridine rings is 1. The topological polar surface area (TPSA) is 56.8 Å². The number of likely N-dealkylation sites (tertiary alicyclic amines) is 1. The van der Waals surface area contributed by atoms with Gasteiger partial charge in [-0.05, 0) is 43.2 Å². The molecule has 2 aromatic rings. The zero-order valence-corrected chi connectivity index (χ0v) is 17.3. The molecule has 0 bridgehead atoms. The van der Waals surface area contributed by atoms with Gasteiger partial charge < -0.3 is 14.7 Å². The quantitative estimate of drug-likeness (QED) is 0.778. The third-order valence-corrected chi connectivity index (χ3v) is 5.90. The van der Waals surface area contributed by atoms with Crippen LogP contribution in [0.5, 0.6) is 0 Å². The number of carbonyl (C=O) groups is 2. The Morgan fingerprint density at radius 3 is 2.63 bits per heavy atom. The number of hydrogen-bond acceptors (Lipinski definition) is 4. The van der Waals surface area contributed by atoms with E-state index in [1.807, 2.05) is 30.0 Å². The summed E-state index contributed by atoms with van der Waals surface area (Å²) in [5.74, 6) is 0.583. The Labute approximate surface area is 176 Å². The molecule has 0 aliphatic carbocycles. The van der Waals surface area contributed by atoms with Gasteiger partial charge in [-0.25, -0.2) is 9.37 Å². The molecule has 7 heteroatoms. The Bertz CT molecular complexity index is 927. The highest BCUT2D eigenvalue weighted by Crippen LogP contribution is 2.23. The molecular formula is C23H27FN4O2. The fourth-order valence-electron chi connectivity index (χ4n) is 4.24. The highest BCUT2D eigenvalue weighted by molar-refractivity contribution is 5.84. The predicted octanol–water partition coefficient (Wildman–Crippen LogP) is 2.62. The molecule has 0 N–H and O–H groups in total. The average molecular weight is 410 g/mol. The largest absolute Gasteiger partial charge is 0.353 e. The normalized spacial score (nSPS) is 19.9. The summed E-state index contributed by atoms with van der Waals surface area (Å²) in [6.07, 6.45) is 0.940. The first-order valence-electron chi connectivity index (χ1n) is 10.5. The van der Waals surface area contributed by atoms with Gasteiger partial charge in [0.2, 0.25) is 11.8 Å². The van der Waals surface area contributed by atoms with Gasteiger partial charge >= 0.3 is 0 Å². The lowest BCUT2D eigenvalue weighted by atomic mass is 9.95. The minimum atomic E-state index is -0.314. The van der Waals surface area contributed by atoms with Crippen LogP contribution in [0.3, 0.4) is 0 Å². The van der Waals surface area contributed by atoms with Crippen LogP contribution in [0.2, 0.25) is 0 Å². The lowest BCUT2D eigenvalue weighted by Crippen LogP contribution is -2.53. The zero-order chi connectivity index (χ0) is 21.1. The molecular weight excluding hydrogens is 383 g/mol. The van der Waals surface area contributed by atoms with Crippen molar-refractivity contribution in [3.05, 3.63) is 59.5 Å². The van der Waals surface area contributed by atoms with Gasteiger partial charge in [0.05, 0.1) is 5.92 Å². The number of anilines is 1. The third-order valence-electron chi connectivity index (χ3n) is 5.90. The Morgan fingerprint density at radius 2 is 1.90 bits per heavy atom. The van der Waals surface area contributed by atoms with Gasteiger partial charge in [-0.15, -0.1) is 0 Å². The molecule has 30 heavy (non-hydrogen) atoms. The summed E-state index contributed by atoms with van der Waals surface area (Å²) in [5, 5.41) is 0. The van der Waals surface area contributed by atoms with E-state index >= 15 is 0 Å². The highest BCUT2D eigenvalue weighted by Gasteiger charge is 2.34. The average Bonchev–Trinajstić information content (AvgIpc) is 2.75. The van der Waals surface area contributed by atoms with Crippen LogP contribution in [0.15, 0.2) is 42.5 Å². The summed E-state index contributed by atoms with van der Waals surface area (Å²) in [6.45, 7) is 5.53. The molecule has 2 aliphatic heterocycles. The van der Waals surface area contributed by atoms with Crippen LogP contribution in [-0.2, 0) is 16.1 Å². The maximum Gasteiger partial charge on any atom is 0.227 e. The van der Waals surface area contributed by atoms with Crippen molar-refractivity contribution in [2.75, 3.05) is 37.6 Å². The zero-order valence-electron chi connectivity index (χ0n) is 17.3. The second-order valence-corrected chi connectivity index (χ2v) is 8.09. The number of aromatic nitrogens is 1. The molecule has 158 valence electrons. The molecule has 2 saturated heterocycles. The lowest BCUT2D eigenvalue weighted by molar-refractivity contribution is -0.143. The second kappa shape index (κ2) is 8.81. The van der Waals surface area contributed by atoms with Gasteiger partial charge in [0, 0.05) is 51.4 Å². The Kier molecular flexibility index (Phi) is 5.97. The number of benzene rings is 1. The van der Waals surface area contributed by atoms with Crippen molar-refractivity contribution in [2.45, 2.75) is 26.3 Å². The van der Waals surface area contributed by atoms with E-state index in [4.69, 9.17) is 0 Å². The van der Waals surface area contributed by atoms with Crippen molar-refractivity contribution < 1.29 is 14.0 Å². The van der Waals surface area contributed by atoms with Crippen molar-refractivity contribution in [1.82, 2.24) is 14.8 Å². The van der Waals surface area contributed by atoms with E-state index in [1.54, 1.807) is 17.0 Å². The minimum absolute atomic E-state index is 0.0265. The first-order valence-corrected chi connectivity index (χ1v) is 10.5. The lowest BCUT2D eigenvalue weighted by Gasteiger charge is -2.39. The molecule has 3 heterocycles. The first kappa shape index (κ1) is 20.3. The fourth-order valence-corrected chi connectivity index (χ4v) is 4.24. The van der Waals surface area contributed by atoms with Crippen LogP contribution in [-0.4, -0.2) is 59.3 Å². The summed E-state index contributed by atoms with van der Waals surface area (Å²) < 4.78 is 13.5. The second-order valence-electron chi connectivity index (χ2n) is 8.09. The first-order chi connectivity index (χ1) is 14.5. The van der Waals surface area contributed by atoms with Crippen molar-refractivity contribution in [3.63, 3.8) is 0 Å². The number of rotatable bonds is 4. The molecule has 0 spiro atoms. The minimum Gasteiger partial charge on any atom is -0.353 e. The SMILES string of the molecule is Cc1cccc(N2CCN(C(=O)C3CCC(=O)N(Cc4cccc(F)c4)C3)CC2)n1. The molecule has 0 saturated carbocycles. The van der Waals surface area contributed by atoms with Crippen molar-refractivity contribution in [3.8, 4) is 0 Å². The van der Waals surface area contributed by atoms with Gasteiger partial charge in [-0.2, -0.15) is 0 Å². The van der Waals surface area contributed by atoms with E-state index < -0.39 is 0 Å². The van der Waals surface area contributed by atoms with Crippen molar-refractivity contribution in [1.29, 1.82) is 0 Å². The van der Waals surface area contributed by atoms with Crippen LogP contribution < -0.4 is 4.90 Å². The number of hydrogen-bond donors (Lipinski definition) is 0. The number of piperidine rings is 1. The van der Waals surface area contributed by atoms with Crippen LogP contribution in [0.4, 0.5) is 10.2 Å². The van der Waals surface area contributed by atoms with Gasteiger partial charge in [-0.1, -0.05) is 18.2 Å². The number of piperazine rings is 1. The molecule has 2 aliphatic rings. The molecule has 2 fully saturated rings. The van der Waals surface area contributed by atoms with E-state index in [9.17, 15) is 14.0 Å². The number of halogens is 1. The molecule has 0 radical (unpaired) electrons. The van der Waals surface area contributed by atoms with Crippen molar-refractivity contribution in [2.24, 2.45) is 5.92 Å². The van der Waals surface area contributed by atoms with Crippen LogP contribution in [0, 0.1) is 18.7 Å². The van der Waals surface area contributed by atoms with Gasteiger partial charge in [0.15, 0.2) is 0 Å². The van der Waals surface area contributed by atoms with Gasteiger partial charge in [0.25, 0.3) is 0 Å². The number of carbonyl (C=O) groups excluding carboxylic acids is 2. The van der Waals surface area contributed by atoms with E-state index in [-0.39, 0.29) is 23.5 Å². The van der Waals surface area contributed by atoms with E-state index in [0.29, 0.717) is 39.0 Å². The number of amides is 2. The maximum absolute atomic E-state index is 13.5. The molecule has 1 atom stereocenters. The van der Waals surface area contributed by atoms with Crippen molar-refractivity contribution >= 4 is 17.6 Å².